The molecule has 5 heteroatoms. The molecule has 0 aromatic carbocycles. The number of nitrogens with one attached hydrogen (secondary N) is 1. The Labute approximate surface area is 77.8 Å². The van der Waals surface area contributed by atoms with E-state index in [1.807, 2.05) is 0 Å². The number of nitrogens with zero attached hydrogens (tertiary/aromatic N) is 2. The largest absolute Gasteiger partial charge is 0.375 e. The normalized spacial score (nSPS) is 27.8. The molecule has 1 fully saturated rings. The second kappa shape index (κ2) is 3.82. The number of hydrogen-bond donors (Lipinski definition) is 2. The van der Waals surface area contributed by atoms with E-state index in [-0.39, 0.29) is 5.11 Å². The van der Waals surface area contributed by atoms with E-state index in [2.05, 4.69) is 41.6 Å². The highest BCUT2D eigenvalue weighted by Gasteiger charge is 2.21. The van der Waals surface area contributed by atoms with E-state index >= 15 is 0 Å². The molecule has 12 heavy (non-hydrogen) atoms. The minimum absolute atomic E-state index is 0.227. The van der Waals surface area contributed by atoms with Gasteiger partial charge in [0.05, 0.1) is 5.71 Å². The highest BCUT2D eigenvalue weighted by molar-refractivity contribution is 7.80. The van der Waals surface area contributed by atoms with Gasteiger partial charge in [0.2, 0.25) is 0 Å². The van der Waals surface area contributed by atoms with Crippen LogP contribution in [0.2, 0.25) is 0 Å². The maximum Gasteiger partial charge on any atom is 0.184 e. The molecule has 0 saturated carbocycles. The number of rotatable bonds is 1. The van der Waals surface area contributed by atoms with E-state index in [4.69, 9.17) is 5.73 Å². The lowest BCUT2D eigenvalue weighted by Gasteiger charge is -2.11. The summed E-state index contributed by atoms with van der Waals surface area (Å²) in [7, 11) is 2.08. The Bertz CT molecular complexity index is 201. The van der Waals surface area contributed by atoms with Gasteiger partial charge in [0, 0.05) is 19.0 Å². The summed E-state index contributed by atoms with van der Waals surface area (Å²) in [6, 6.07) is 0.567. The fraction of sp³-hybridized carbons (Fsp3) is 0.714. The molecule has 1 saturated heterocycles. The lowest BCUT2D eigenvalue weighted by atomic mass is 10.2. The quantitative estimate of drug-likeness (QED) is 0.443. The van der Waals surface area contributed by atoms with E-state index in [1.165, 1.54) is 0 Å². The van der Waals surface area contributed by atoms with Crippen molar-refractivity contribution in [1.29, 1.82) is 0 Å². The Hall–Kier alpha value is -0.680. The third kappa shape index (κ3) is 2.42. The van der Waals surface area contributed by atoms with Gasteiger partial charge in [0.25, 0.3) is 0 Å². The van der Waals surface area contributed by atoms with Crippen LogP contribution in [0.4, 0.5) is 0 Å². The molecule has 1 unspecified atom stereocenters. The molecule has 0 aromatic heterocycles. The van der Waals surface area contributed by atoms with Gasteiger partial charge in [-0.05, 0) is 26.2 Å². The predicted molar refractivity (Wildman–Crippen MR) is 54.1 cm³/mol. The van der Waals surface area contributed by atoms with Crippen LogP contribution in [-0.4, -0.2) is 35.4 Å². The Balaban J connectivity index is 2.45. The highest BCUT2D eigenvalue weighted by atomic mass is 32.1. The molecule has 1 rings (SSSR count). The summed E-state index contributed by atoms with van der Waals surface area (Å²) in [5.74, 6) is 0. The van der Waals surface area contributed by atoms with Gasteiger partial charge in [-0.15, -0.1) is 0 Å². The summed E-state index contributed by atoms with van der Waals surface area (Å²) in [5, 5.41) is 4.31. The molecular formula is C7H14N4S. The molecule has 1 aliphatic heterocycles. The van der Waals surface area contributed by atoms with Crippen molar-refractivity contribution in [2.24, 2.45) is 10.8 Å². The van der Waals surface area contributed by atoms with Gasteiger partial charge in [-0.25, -0.2) is 0 Å². The first kappa shape index (κ1) is 9.41. The lowest BCUT2D eigenvalue weighted by Crippen LogP contribution is -2.26. The van der Waals surface area contributed by atoms with Crippen molar-refractivity contribution in [3.63, 3.8) is 0 Å². The minimum atomic E-state index is 0.227. The summed E-state index contributed by atoms with van der Waals surface area (Å²) >= 11 is 4.64. The maximum absolute atomic E-state index is 5.24. The molecule has 1 atom stereocenters. The van der Waals surface area contributed by atoms with Crippen molar-refractivity contribution in [3.05, 3.63) is 0 Å². The monoisotopic (exact) mass is 186 g/mol. The number of hydrazone groups is 1. The van der Waals surface area contributed by atoms with Crippen molar-refractivity contribution >= 4 is 23.0 Å². The number of likely N-dealkylation sites (tertiary alicyclic amines) is 1. The van der Waals surface area contributed by atoms with Gasteiger partial charge in [-0.2, -0.15) is 5.10 Å². The first-order valence-corrected chi connectivity index (χ1v) is 4.31. The van der Waals surface area contributed by atoms with Gasteiger partial charge >= 0.3 is 0 Å². The van der Waals surface area contributed by atoms with Crippen LogP contribution in [0.25, 0.3) is 0 Å². The zero-order valence-electron chi connectivity index (χ0n) is 7.37. The van der Waals surface area contributed by atoms with Crippen molar-refractivity contribution in [1.82, 2.24) is 10.3 Å². The van der Waals surface area contributed by atoms with Gasteiger partial charge in [0.1, 0.15) is 0 Å². The molecule has 3 N–H and O–H groups in total. The fourth-order valence-electron chi connectivity index (χ4n) is 1.22. The summed E-state index contributed by atoms with van der Waals surface area (Å²) in [4.78, 5) is 2.24. The van der Waals surface area contributed by atoms with Crippen LogP contribution in [0, 0.1) is 0 Å². The van der Waals surface area contributed by atoms with Crippen molar-refractivity contribution in [2.75, 3.05) is 13.6 Å². The van der Waals surface area contributed by atoms with Crippen LogP contribution >= 0.6 is 12.2 Å². The Kier molecular flexibility index (Phi) is 2.99. The van der Waals surface area contributed by atoms with Crippen LogP contribution in [0.15, 0.2) is 5.10 Å². The number of hydrogen-bond acceptors (Lipinski definition) is 3. The number of nitrogens with two attached hydrogens (primary N) is 1. The topological polar surface area (TPSA) is 53.6 Å². The van der Waals surface area contributed by atoms with Gasteiger partial charge in [-0.1, -0.05) is 0 Å². The van der Waals surface area contributed by atoms with Crippen molar-refractivity contribution in [3.8, 4) is 0 Å². The Morgan fingerprint density at radius 2 is 2.50 bits per heavy atom. The van der Waals surface area contributed by atoms with E-state index in [0.29, 0.717) is 6.04 Å². The summed E-state index contributed by atoms with van der Waals surface area (Å²) < 4.78 is 0. The molecule has 68 valence electrons. The third-order valence-electron chi connectivity index (χ3n) is 2.04. The van der Waals surface area contributed by atoms with E-state index in [0.717, 1.165) is 18.7 Å². The van der Waals surface area contributed by atoms with Crippen LogP contribution in [0.3, 0.4) is 0 Å². The molecule has 0 aromatic rings. The first-order chi connectivity index (χ1) is 5.59. The Morgan fingerprint density at radius 1 is 1.83 bits per heavy atom. The molecular weight excluding hydrogens is 172 g/mol. The molecule has 0 spiro atoms. The summed E-state index contributed by atoms with van der Waals surface area (Å²) in [6.07, 6.45) is 0.992. The SMILES string of the molecule is CC1CC(=NNC(N)=S)CN1C. The maximum atomic E-state index is 5.24. The molecule has 0 bridgehead atoms. The summed E-state index contributed by atoms with van der Waals surface area (Å²) in [5.41, 5.74) is 8.95. The first-order valence-electron chi connectivity index (χ1n) is 3.90. The van der Waals surface area contributed by atoms with Crippen molar-refractivity contribution in [2.45, 2.75) is 19.4 Å². The average Bonchev–Trinajstić information content (AvgIpc) is 2.28. The summed E-state index contributed by atoms with van der Waals surface area (Å²) in [6.45, 7) is 3.07. The minimum Gasteiger partial charge on any atom is -0.375 e. The lowest BCUT2D eigenvalue weighted by molar-refractivity contribution is 0.333. The third-order valence-corrected chi connectivity index (χ3v) is 2.13. The van der Waals surface area contributed by atoms with Crippen LogP contribution in [0.5, 0.6) is 0 Å². The standard InChI is InChI=1S/C7H14N4S/c1-5-3-6(4-11(5)2)9-10-7(8)12/h5H,3-4H2,1-2H3,(H3,8,10,12). The second-order valence-corrected chi connectivity index (χ2v) is 3.56. The van der Waals surface area contributed by atoms with Gasteiger partial charge < -0.3 is 5.73 Å². The molecule has 0 amide bonds. The highest BCUT2D eigenvalue weighted by Crippen LogP contribution is 2.11. The molecule has 4 nitrogen and oxygen atoms in total. The molecule has 1 aliphatic rings. The smallest absolute Gasteiger partial charge is 0.184 e. The fourth-order valence-corrected chi connectivity index (χ4v) is 1.27. The van der Waals surface area contributed by atoms with Gasteiger partial charge in [0.15, 0.2) is 5.11 Å². The van der Waals surface area contributed by atoms with Crippen LogP contribution < -0.4 is 11.2 Å². The van der Waals surface area contributed by atoms with E-state index in [1.54, 1.807) is 0 Å². The second-order valence-electron chi connectivity index (χ2n) is 3.12. The Morgan fingerprint density at radius 3 is 2.92 bits per heavy atom. The zero-order valence-corrected chi connectivity index (χ0v) is 8.19. The average molecular weight is 186 g/mol. The van der Waals surface area contributed by atoms with Gasteiger partial charge in [-0.3, -0.25) is 10.3 Å². The molecule has 0 aliphatic carbocycles. The van der Waals surface area contributed by atoms with E-state index < -0.39 is 0 Å². The van der Waals surface area contributed by atoms with E-state index in [9.17, 15) is 0 Å². The van der Waals surface area contributed by atoms with Crippen molar-refractivity contribution < 1.29 is 0 Å². The molecule has 0 radical (unpaired) electrons. The molecule has 1 heterocycles. The zero-order chi connectivity index (χ0) is 9.14. The predicted octanol–water partition coefficient (Wildman–Crippen LogP) is -0.100. The van der Waals surface area contributed by atoms with Crippen LogP contribution in [0.1, 0.15) is 13.3 Å². The number of thiocarbonyl (C=S) groups is 1. The van der Waals surface area contributed by atoms with Crippen LogP contribution in [-0.2, 0) is 0 Å².